The first-order valence-corrected chi connectivity index (χ1v) is 7.61. The molecule has 0 fully saturated rings. The maximum atomic E-state index is 12.5. The third kappa shape index (κ3) is 2.60. The molecule has 8 heteroatoms. The molecule has 3 rings (SSSR count). The minimum atomic E-state index is -0.586. The first-order valence-electron chi connectivity index (χ1n) is 6.36. The van der Waals surface area contributed by atoms with Crippen molar-refractivity contribution >= 4 is 44.9 Å². The van der Waals surface area contributed by atoms with Crippen LogP contribution in [0.5, 0.6) is 0 Å². The van der Waals surface area contributed by atoms with Gasteiger partial charge < -0.3 is 0 Å². The van der Waals surface area contributed by atoms with Gasteiger partial charge in [0.05, 0.1) is 16.6 Å². The second kappa shape index (κ2) is 5.51. The highest BCUT2D eigenvalue weighted by atomic mass is 35.5. The zero-order valence-electron chi connectivity index (χ0n) is 11.8. The van der Waals surface area contributed by atoms with Crippen LogP contribution in [-0.4, -0.2) is 20.7 Å². The van der Waals surface area contributed by atoms with Gasteiger partial charge in [0.1, 0.15) is 0 Å². The van der Waals surface area contributed by atoms with Crippen LogP contribution in [0.3, 0.4) is 0 Å². The highest BCUT2D eigenvalue weighted by Gasteiger charge is 2.18. The van der Waals surface area contributed by atoms with Crippen LogP contribution in [-0.2, 0) is 7.05 Å². The molecule has 0 atom stereocenters. The molecule has 0 saturated heterocycles. The van der Waals surface area contributed by atoms with Gasteiger partial charge in [-0.25, -0.2) is 4.98 Å². The van der Waals surface area contributed by atoms with E-state index < -0.39 is 11.3 Å². The van der Waals surface area contributed by atoms with Gasteiger partial charge in [-0.1, -0.05) is 11.6 Å². The average molecular weight is 335 g/mol. The minimum Gasteiger partial charge on any atom is -0.296 e. The van der Waals surface area contributed by atoms with Gasteiger partial charge in [0, 0.05) is 17.5 Å². The molecule has 0 saturated carbocycles. The number of amides is 1. The molecule has 0 unspecified atom stereocenters. The van der Waals surface area contributed by atoms with Gasteiger partial charge in [-0.05, 0) is 25.1 Å². The number of hydrogen-bond donors (Lipinski definition) is 1. The molecule has 112 valence electrons. The van der Waals surface area contributed by atoms with Crippen molar-refractivity contribution in [3.63, 3.8) is 0 Å². The van der Waals surface area contributed by atoms with Gasteiger partial charge in [-0.15, -0.1) is 11.3 Å². The van der Waals surface area contributed by atoms with Crippen LogP contribution < -0.4 is 10.7 Å². The number of nitrogens with zero attached hydrogens (tertiary/aromatic N) is 3. The molecule has 0 aliphatic rings. The zero-order valence-corrected chi connectivity index (χ0v) is 13.3. The van der Waals surface area contributed by atoms with E-state index in [9.17, 15) is 9.59 Å². The summed E-state index contributed by atoms with van der Waals surface area (Å²) in [7, 11) is 1.67. The summed E-state index contributed by atoms with van der Waals surface area (Å²) in [6.07, 6.45) is 0. The molecule has 0 bridgehead atoms. The van der Waals surface area contributed by atoms with Gasteiger partial charge >= 0.3 is 0 Å². The predicted molar refractivity (Wildman–Crippen MR) is 86.8 cm³/mol. The highest BCUT2D eigenvalue weighted by molar-refractivity contribution is 7.13. The Bertz CT molecular complexity index is 948. The van der Waals surface area contributed by atoms with E-state index in [1.54, 1.807) is 24.6 Å². The summed E-state index contributed by atoms with van der Waals surface area (Å²) < 4.78 is 1.48. The van der Waals surface area contributed by atoms with Crippen molar-refractivity contribution in [1.29, 1.82) is 0 Å². The number of benzene rings is 1. The Morgan fingerprint density at radius 1 is 1.41 bits per heavy atom. The molecule has 0 aliphatic carbocycles. The summed E-state index contributed by atoms with van der Waals surface area (Å²) >= 11 is 7.22. The molecule has 1 amide bonds. The Kier molecular flexibility index (Phi) is 3.67. The van der Waals surface area contributed by atoms with Gasteiger partial charge in [0.25, 0.3) is 5.91 Å². The summed E-state index contributed by atoms with van der Waals surface area (Å²) in [5.74, 6) is -0.586. The Morgan fingerprint density at radius 2 is 2.18 bits per heavy atom. The van der Waals surface area contributed by atoms with Crippen molar-refractivity contribution < 1.29 is 4.79 Å². The molecule has 3 aromatic rings. The Labute approximate surface area is 134 Å². The molecule has 2 aromatic heterocycles. The molecule has 6 nitrogen and oxygen atoms in total. The van der Waals surface area contributed by atoms with E-state index in [-0.39, 0.29) is 5.69 Å². The maximum Gasteiger partial charge on any atom is 0.281 e. The monoisotopic (exact) mass is 334 g/mol. The second-order valence-corrected chi connectivity index (χ2v) is 6.01. The fraction of sp³-hybridized carbons (Fsp3) is 0.143. The van der Waals surface area contributed by atoms with Crippen LogP contribution in [0, 0.1) is 6.92 Å². The zero-order chi connectivity index (χ0) is 15.9. The van der Waals surface area contributed by atoms with Crippen LogP contribution >= 0.6 is 22.9 Å². The molecular weight excluding hydrogens is 324 g/mol. The number of aromatic nitrogens is 3. The summed E-state index contributed by atoms with van der Waals surface area (Å²) in [5.41, 5.74) is 0.758. The van der Waals surface area contributed by atoms with Crippen molar-refractivity contribution in [2.45, 2.75) is 6.92 Å². The van der Waals surface area contributed by atoms with Crippen LogP contribution in [0.25, 0.3) is 10.9 Å². The van der Waals surface area contributed by atoms with E-state index >= 15 is 0 Å². The van der Waals surface area contributed by atoms with E-state index in [1.165, 1.54) is 22.1 Å². The highest BCUT2D eigenvalue weighted by Crippen LogP contribution is 2.17. The van der Waals surface area contributed by atoms with Crippen molar-refractivity contribution in [2.75, 3.05) is 5.32 Å². The third-order valence-electron chi connectivity index (χ3n) is 3.07. The predicted octanol–water partition coefficient (Wildman–Crippen LogP) is 2.60. The third-order valence-corrected chi connectivity index (χ3v) is 4.18. The lowest BCUT2D eigenvalue weighted by molar-refractivity contribution is 0.101. The number of fused-ring (bicyclic) bond motifs is 1. The van der Waals surface area contributed by atoms with Gasteiger partial charge in [-0.3, -0.25) is 19.6 Å². The topological polar surface area (TPSA) is 76.9 Å². The van der Waals surface area contributed by atoms with Gasteiger partial charge in [-0.2, -0.15) is 5.10 Å². The normalized spacial score (nSPS) is 10.9. The van der Waals surface area contributed by atoms with Crippen molar-refractivity contribution in [3.05, 3.63) is 50.2 Å². The standard InChI is InChI=1S/C14H11ClN4O2S/c1-7-6-22-14(16-7)17-13(21)11-12(20)9-5-8(15)3-4-10(9)19(2)18-11/h3-6H,1-2H3,(H,16,17,21). The first kappa shape index (κ1) is 14.7. The number of anilines is 1. The quantitative estimate of drug-likeness (QED) is 0.781. The van der Waals surface area contributed by atoms with Crippen LogP contribution in [0.4, 0.5) is 5.13 Å². The van der Waals surface area contributed by atoms with Crippen molar-refractivity contribution in [2.24, 2.45) is 7.05 Å². The molecule has 2 heterocycles. The number of rotatable bonds is 2. The lowest BCUT2D eigenvalue weighted by Gasteiger charge is -2.07. The summed E-state index contributed by atoms with van der Waals surface area (Å²) in [4.78, 5) is 28.9. The van der Waals surface area contributed by atoms with Crippen LogP contribution in [0.15, 0.2) is 28.4 Å². The van der Waals surface area contributed by atoms with Crippen molar-refractivity contribution in [1.82, 2.24) is 14.8 Å². The number of aryl methyl sites for hydroxylation is 2. The number of thiazole rings is 1. The number of nitrogens with one attached hydrogen (secondary N) is 1. The fourth-order valence-electron chi connectivity index (χ4n) is 2.07. The van der Waals surface area contributed by atoms with Crippen molar-refractivity contribution in [3.8, 4) is 0 Å². The molecule has 0 spiro atoms. The Balaban J connectivity index is 2.09. The minimum absolute atomic E-state index is 0.190. The number of carbonyl (C=O) groups is 1. The lowest BCUT2D eigenvalue weighted by Crippen LogP contribution is -2.26. The Hall–Kier alpha value is -2.25. The summed E-state index contributed by atoms with van der Waals surface area (Å²) in [6.45, 7) is 1.82. The van der Waals surface area contributed by atoms with E-state index in [4.69, 9.17) is 11.6 Å². The first-order chi connectivity index (χ1) is 10.5. The largest absolute Gasteiger partial charge is 0.296 e. The van der Waals surface area contributed by atoms with Gasteiger partial charge in [0.2, 0.25) is 5.43 Å². The van der Waals surface area contributed by atoms with Crippen LogP contribution in [0.2, 0.25) is 5.02 Å². The summed E-state index contributed by atoms with van der Waals surface area (Å²) in [5, 5.41) is 9.66. The molecule has 22 heavy (non-hydrogen) atoms. The average Bonchev–Trinajstić information content (AvgIpc) is 2.87. The fourth-order valence-corrected chi connectivity index (χ4v) is 2.92. The van der Waals surface area contributed by atoms with E-state index in [0.29, 0.717) is 21.1 Å². The lowest BCUT2D eigenvalue weighted by atomic mass is 10.2. The molecule has 1 aromatic carbocycles. The van der Waals surface area contributed by atoms with E-state index in [0.717, 1.165) is 5.69 Å². The smallest absolute Gasteiger partial charge is 0.281 e. The molecule has 0 radical (unpaired) electrons. The number of hydrogen-bond acceptors (Lipinski definition) is 5. The SMILES string of the molecule is Cc1csc(NC(=O)c2nn(C)c3ccc(Cl)cc3c2=O)n1. The van der Waals surface area contributed by atoms with E-state index in [1.807, 2.05) is 6.92 Å². The second-order valence-electron chi connectivity index (χ2n) is 4.71. The number of carbonyl (C=O) groups excluding carboxylic acids is 1. The molecule has 0 aliphatic heterocycles. The summed E-state index contributed by atoms with van der Waals surface area (Å²) in [6, 6.07) is 4.90. The van der Waals surface area contributed by atoms with Gasteiger partial charge in [0.15, 0.2) is 10.8 Å². The maximum absolute atomic E-state index is 12.5. The van der Waals surface area contributed by atoms with Crippen LogP contribution in [0.1, 0.15) is 16.2 Å². The van der Waals surface area contributed by atoms with E-state index in [2.05, 4.69) is 15.4 Å². The molecular formula is C14H11ClN4O2S. The Morgan fingerprint density at radius 3 is 2.86 bits per heavy atom. The molecule has 1 N–H and O–H groups in total. The number of halogens is 1.